The number of nitrogens with two attached hydrogens (primary N) is 1. The van der Waals surface area contributed by atoms with Crippen LogP contribution >= 0.6 is 0 Å². The predicted molar refractivity (Wildman–Crippen MR) is 83.4 cm³/mol. The zero-order valence-corrected chi connectivity index (χ0v) is 12.6. The maximum absolute atomic E-state index is 11.7. The molecule has 21 heavy (non-hydrogen) atoms. The minimum absolute atomic E-state index is 0.128. The molecule has 4 N–H and O–H groups in total. The Morgan fingerprint density at radius 3 is 2.29 bits per heavy atom. The molecule has 0 aliphatic rings. The van der Waals surface area contributed by atoms with Crippen LogP contribution in [0.4, 0.5) is 17.1 Å². The molecule has 0 saturated heterocycles. The van der Waals surface area contributed by atoms with Gasteiger partial charge in [0.25, 0.3) is 0 Å². The van der Waals surface area contributed by atoms with Gasteiger partial charge in [-0.1, -0.05) is 0 Å². The highest BCUT2D eigenvalue weighted by Crippen LogP contribution is 2.26. The molecular formula is C14H17N3O3S. The standard InChI is InChI=1S/C14H17N3O3S/c1-16-21(18,19)12-7-8-14(13(15)9-12)17-10-3-5-11(20-2)6-4-10/h3-9,16-17H,15H2,1-2H3. The number of hydrogen-bond donors (Lipinski definition) is 3. The van der Waals surface area contributed by atoms with E-state index < -0.39 is 10.0 Å². The minimum Gasteiger partial charge on any atom is -0.497 e. The number of rotatable bonds is 5. The van der Waals surface area contributed by atoms with Crippen molar-refractivity contribution in [1.82, 2.24) is 4.72 Å². The Balaban J connectivity index is 2.25. The van der Waals surface area contributed by atoms with Crippen molar-refractivity contribution in [2.75, 3.05) is 25.2 Å². The summed E-state index contributed by atoms with van der Waals surface area (Å²) in [6, 6.07) is 11.9. The molecule has 2 aromatic rings. The fraction of sp³-hybridized carbons (Fsp3) is 0.143. The van der Waals surface area contributed by atoms with Crippen LogP contribution in [0.3, 0.4) is 0 Å². The average Bonchev–Trinajstić information content (AvgIpc) is 2.50. The summed E-state index contributed by atoms with van der Waals surface area (Å²) in [4.78, 5) is 0.128. The first-order valence-corrected chi connectivity index (χ1v) is 7.69. The summed E-state index contributed by atoms with van der Waals surface area (Å²) in [7, 11) is -0.539. The summed E-state index contributed by atoms with van der Waals surface area (Å²) in [5.74, 6) is 0.754. The van der Waals surface area contributed by atoms with Gasteiger partial charge in [0.05, 0.1) is 23.4 Å². The van der Waals surface area contributed by atoms with Crippen molar-refractivity contribution in [2.45, 2.75) is 4.90 Å². The minimum atomic E-state index is -3.49. The number of anilines is 3. The maximum atomic E-state index is 11.7. The van der Waals surface area contributed by atoms with Crippen molar-refractivity contribution in [3.63, 3.8) is 0 Å². The molecule has 0 radical (unpaired) electrons. The van der Waals surface area contributed by atoms with E-state index in [4.69, 9.17) is 10.5 Å². The Hall–Kier alpha value is -2.25. The number of nitrogen functional groups attached to an aromatic ring is 1. The van der Waals surface area contributed by atoms with Gasteiger partial charge in [-0.25, -0.2) is 13.1 Å². The van der Waals surface area contributed by atoms with Crippen molar-refractivity contribution in [1.29, 1.82) is 0 Å². The highest BCUT2D eigenvalue weighted by Gasteiger charge is 2.12. The van der Waals surface area contributed by atoms with Gasteiger partial charge in [-0.05, 0) is 49.5 Å². The molecule has 0 aliphatic carbocycles. The zero-order chi connectivity index (χ0) is 15.5. The van der Waals surface area contributed by atoms with Gasteiger partial charge >= 0.3 is 0 Å². The molecule has 0 saturated carbocycles. The molecule has 0 atom stereocenters. The molecule has 0 aliphatic heterocycles. The molecule has 6 nitrogen and oxygen atoms in total. The van der Waals surface area contributed by atoms with Gasteiger partial charge in [0.15, 0.2) is 0 Å². The predicted octanol–water partition coefficient (Wildman–Crippen LogP) is 1.93. The molecule has 112 valence electrons. The van der Waals surface area contributed by atoms with Crippen LogP contribution in [-0.2, 0) is 10.0 Å². The van der Waals surface area contributed by atoms with Gasteiger partial charge in [-0.3, -0.25) is 0 Å². The molecule has 0 unspecified atom stereocenters. The molecule has 0 fully saturated rings. The first-order valence-electron chi connectivity index (χ1n) is 6.20. The van der Waals surface area contributed by atoms with E-state index in [-0.39, 0.29) is 4.90 Å². The molecule has 0 aromatic heterocycles. The van der Waals surface area contributed by atoms with Crippen LogP contribution < -0.4 is 20.5 Å². The number of hydrogen-bond acceptors (Lipinski definition) is 5. The lowest BCUT2D eigenvalue weighted by molar-refractivity contribution is 0.415. The lowest BCUT2D eigenvalue weighted by Gasteiger charge is -2.11. The van der Waals surface area contributed by atoms with Gasteiger partial charge in [-0.15, -0.1) is 0 Å². The molecule has 0 spiro atoms. The van der Waals surface area contributed by atoms with Crippen molar-refractivity contribution in [3.8, 4) is 5.75 Å². The Kier molecular flexibility index (Phi) is 4.35. The smallest absolute Gasteiger partial charge is 0.240 e. The van der Waals surface area contributed by atoms with Crippen molar-refractivity contribution in [3.05, 3.63) is 42.5 Å². The van der Waals surface area contributed by atoms with Crippen LogP contribution in [0.2, 0.25) is 0 Å². The van der Waals surface area contributed by atoms with Crippen LogP contribution in [0.1, 0.15) is 0 Å². The summed E-state index contributed by atoms with van der Waals surface area (Å²) >= 11 is 0. The lowest BCUT2D eigenvalue weighted by atomic mass is 10.2. The molecule has 0 bridgehead atoms. The highest BCUT2D eigenvalue weighted by atomic mass is 32.2. The topological polar surface area (TPSA) is 93.5 Å². The third-order valence-electron chi connectivity index (χ3n) is 2.97. The first kappa shape index (κ1) is 15.1. The van der Waals surface area contributed by atoms with Gasteiger partial charge in [-0.2, -0.15) is 0 Å². The SMILES string of the molecule is CNS(=O)(=O)c1ccc(Nc2ccc(OC)cc2)c(N)c1. The number of benzene rings is 2. The monoisotopic (exact) mass is 307 g/mol. The van der Waals surface area contributed by atoms with E-state index in [1.807, 2.05) is 24.3 Å². The van der Waals surface area contributed by atoms with Crippen molar-refractivity contribution in [2.24, 2.45) is 0 Å². The van der Waals surface area contributed by atoms with E-state index in [1.165, 1.54) is 19.2 Å². The molecule has 2 aromatic carbocycles. The van der Waals surface area contributed by atoms with Gasteiger partial charge < -0.3 is 15.8 Å². The summed E-state index contributed by atoms with van der Waals surface area (Å²) in [5.41, 5.74) is 7.71. The third-order valence-corrected chi connectivity index (χ3v) is 4.38. The second kappa shape index (κ2) is 6.02. The van der Waals surface area contributed by atoms with Crippen LogP contribution in [0.25, 0.3) is 0 Å². The van der Waals surface area contributed by atoms with E-state index in [0.29, 0.717) is 11.4 Å². The molecule has 0 amide bonds. The van der Waals surface area contributed by atoms with E-state index >= 15 is 0 Å². The number of methoxy groups -OCH3 is 1. The lowest BCUT2D eigenvalue weighted by Crippen LogP contribution is -2.18. The summed E-state index contributed by atoms with van der Waals surface area (Å²) < 4.78 is 30.7. The second-order valence-corrected chi connectivity index (χ2v) is 6.20. The van der Waals surface area contributed by atoms with E-state index in [0.717, 1.165) is 11.4 Å². The van der Waals surface area contributed by atoms with Crippen LogP contribution in [-0.4, -0.2) is 22.6 Å². The Morgan fingerprint density at radius 2 is 1.76 bits per heavy atom. The number of nitrogens with one attached hydrogen (secondary N) is 2. The molecular weight excluding hydrogens is 290 g/mol. The highest BCUT2D eigenvalue weighted by molar-refractivity contribution is 7.89. The average molecular weight is 307 g/mol. The summed E-state index contributed by atoms with van der Waals surface area (Å²) in [6.45, 7) is 0. The Labute approximate surface area is 124 Å². The normalized spacial score (nSPS) is 11.1. The fourth-order valence-corrected chi connectivity index (χ4v) is 2.53. The summed E-state index contributed by atoms with van der Waals surface area (Å²) in [5, 5.41) is 3.12. The van der Waals surface area contributed by atoms with Crippen LogP contribution in [0.15, 0.2) is 47.4 Å². The van der Waals surface area contributed by atoms with Crippen LogP contribution in [0, 0.1) is 0 Å². The Bertz CT molecular complexity index is 728. The number of ether oxygens (including phenoxy) is 1. The molecule has 2 rings (SSSR count). The summed E-state index contributed by atoms with van der Waals surface area (Å²) in [6.07, 6.45) is 0. The van der Waals surface area contributed by atoms with E-state index in [1.54, 1.807) is 13.2 Å². The second-order valence-electron chi connectivity index (χ2n) is 4.31. The molecule has 0 heterocycles. The quantitative estimate of drug-likeness (QED) is 0.734. The van der Waals surface area contributed by atoms with Gasteiger partial charge in [0.1, 0.15) is 5.75 Å². The largest absolute Gasteiger partial charge is 0.497 e. The van der Waals surface area contributed by atoms with Crippen molar-refractivity contribution < 1.29 is 13.2 Å². The zero-order valence-electron chi connectivity index (χ0n) is 11.8. The Morgan fingerprint density at radius 1 is 1.10 bits per heavy atom. The van der Waals surface area contributed by atoms with Crippen molar-refractivity contribution >= 4 is 27.1 Å². The third kappa shape index (κ3) is 3.45. The van der Waals surface area contributed by atoms with E-state index in [9.17, 15) is 8.42 Å². The first-order chi connectivity index (χ1) is 9.96. The van der Waals surface area contributed by atoms with Gasteiger partial charge in [0.2, 0.25) is 10.0 Å². The number of sulfonamides is 1. The van der Waals surface area contributed by atoms with Crippen LogP contribution in [0.5, 0.6) is 5.75 Å². The molecule has 7 heteroatoms. The fourth-order valence-electron chi connectivity index (χ4n) is 1.77. The van der Waals surface area contributed by atoms with E-state index in [2.05, 4.69) is 10.0 Å². The maximum Gasteiger partial charge on any atom is 0.240 e. The van der Waals surface area contributed by atoms with Gasteiger partial charge in [0, 0.05) is 5.69 Å².